The van der Waals surface area contributed by atoms with Gasteiger partial charge in [-0.25, -0.2) is 4.39 Å². The Morgan fingerprint density at radius 1 is 1.10 bits per heavy atom. The van der Waals surface area contributed by atoms with Crippen LogP contribution < -0.4 is 10.1 Å². The highest BCUT2D eigenvalue weighted by molar-refractivity contribution is 5.81. The summed E-state index contributed by atoms with van der Waals surface area (Å²) in [7, 11) is 1.68. The van der Waals surface area contributed by atoms with Crippen molar-refractivity contribution in [2.45, 2.75) is 25.9 Å². The number of rotatable bonds is 8. The second-order valence-electron chi connectivity index (χ2n) is 7.46. The number of carbonyl (C=O) groups is 1. The Morgan fingerprint density at radius 3 is 2.45 bits per heavy atom. The van der Waals surface area contributed by atoms with Crippen LogP contribution in [0.5, 0.6) is 5.75 Å². The van der Waals surface area contributed by atoms with Gasteiger partial charge < -0.3 is 15.0 Å². The van der Waals surface area contributed by atoms with Crippen LogP contribution in [0.25, 0.3) is 0 Å². The van der Waals surface area contributed by atoms with E-state index in [9.17, 15) is 9.18 Å². The van der Waals surface area contributed by atoms with Gasteiger partial charge in [0.05, 0.1) is 13.2 Å². The molecule has 0 aromatic heterocycles. The first-order valence-corrected chi connectivity index (χ1v) is 10.2. The number of amides is 1. The lowest BCUT2D eigenvalue weighted by Crippen LogP contribution is -2.54. The molecule has 1 aliphatic rings. The predicted molar refractivity (Wildman–Crippen MR) is 112 cm³/mol. The summed E-state index contributed by atoms with van der Waals surface area (Å²) >= 11 is 0. The number of hydrogen-bond acceptors (Lipinski definition) is 4. The zero-order valence-electron chi connectivity index (χ0n) is 17.2. The van der Waals surface area contributed by atoms with Gasteiger partial charge in [-0.1, -0.05) is 30.3 Å². The van der Waals surface area contributed by atoms with E-state index in [0.717, 1.165) is 44.9 Å². The van der Waals surface area contributed by atoms with Crippen molar-refractivity contribution in [3.05, 3.63) is 65.5 Å². The normalized spacial score (nSPS) is 16.4. The van der Waals surface area contributed by atoms with Gasteiger partial charge in [0.15, 0.2) is 0 Å². The Balaban J connectivity index is 1.39. The van der Waals surface area contributed by atoms with Crippen molar-refractivity contribution in [3.8, 4) is 5.75 Å². The lowest BCUT2D eigenvalue weighted by atomic mass is 10.1. The summed E-state index contributed by atoms with van der Waals surface area (Å²) in [6.07, 6.45) is 1.00. The van der Waals surface area contributed by atoms with E-state index >= 15 is 0 Å². The Hall–Kier alpha value is -2.44. The van der Waals surface area contributed by atoms with Crippen LogP contribution in [0.2, 0.25) is 0 Å². The van der Waals surface area contributed by atoms with Crippen molar-refractivity contribution in [1.82, 2.24) is 15.1 Å². The molecule has 2 aromatic carbocycles. The number of ether oxygens (including phenoxy) is 1. The van der Waals surface area contributed by atoms with E-state index < -0.39 is 0 Å². The van der Waals surface area contributed by atoms with Crippen LogP contribution in [0.3, 0.4) is 0 Å². The predicted octanol–water partition coefficient (Wildman–Crippen LogP) is 2.70. The number of halogens is 1. The number of piperazine rings is 1. The van der Waals surface area contributed by atoms with E-state index in [2.05, 4.69) is 27.2 Å². The summed E-state index contributed by atoms with van der Waals surface area (Å²) in [6.45, 7) is 6.76. The number of carbonyl (C=O) groups excluding carboxylic acids is 1. The van der Waals surface area contributed by atoms with Gasteiger partial charge in [-0.2, -0.15) is 0 Å². The van der Waals surface area contributed by atoms with E-state index in [-0.39, 0.29) is 24.3 Å². The van der Waals surface area contributed by atoms with Gasteiger partial charge in [0.1, 0.15) is 11.6 Å². The van der Waals surface area contributed by atoms with Gasteiger partial charge in [0, 0.05) is 44.8 Å². The first kappa shape index (κ1) is 21.3. The number of methoxy groups -OCH3 is 1. The third kappa shape index (κ3) is 6.02. The molecule has 1 fully saturated rings. The number of nitrogens with zero attached hydrogens (tertiary/aromatic N) is 2. The molecule has 1 N–H and O–H groups in total. The van der Waals surface area contributed by atoms with Crippen molar-refractivity contribution in [1.29, 1.82) is 0 Å². The molecule has 1 heterocycles. The first-order chi connectivity index (χ1) is 14.1. The molecule has 1 amide bonds. The summed E-state index contributed by atoms with van der Waals surface area (Å²) < 4.78 is 18.9. The zero-order chi connectivity index (χ0) is 20.6. The molecule has 1 saturated heterocycles. The number of nitrogens with one attached hydrogen (secondary N) is 1. The van der Waals surface area contributed by atoms with Gasteiger partial charge in [-0.05, 0) is 37.1 Å². The van der Waals surface area contributed by atoms with Crippen molar-refractivity contribution in [2.24, 2.45) is 0 Å². The molecule has 0 aliphatic carbocycles. The van der Waals surface area contributed by atoms with E-state index in [1.807, 2.05) is 19.1 Å². The summed E-state index contributed by atoms with van der Waals surface area (Å²) in [5.74, 6) is 0.537. The van der Waals surface area contributed by atoms with Gasteiger partial charge in [0.2, 0.25) is 5.91 Å². The maximum Gasteiger partial charge on any atom is 0.237 e. The van der Waals surface area contributed by atoms with Crippen molar-refractivity contribution in [3.63, 3.8) is 0 Å². The maximum absolute atomic E-state index is 13.7. The highest BCUT2D eigenvalue weighted by atomic mass is 19.1. The molecule has 2 aromatic rings. The average molecular weight is 400 g/mol. The fourth-order valence-electron chi connectivity index (χ4n) is 3.59. The summed E-state index contributed by atoms with van der Waals surface area (Å²) in [4.78, 5) is 17.1. The Kier molecular flexibility index (Phi) is 7.61. The van der Waals surface area contributed by atoms with Crippen LogP contribution in [0, 0.1) is 5.82 Å². The second kappa shape index (κ2) is 10.4. The summed E-state index contributed by atoms with van der Waals surface area (Å²) in [6, 6.07) is 14.5. The summed E-state index contributed by atoms with van der Waals surface area (Å²) in [5.41, 5.74) is 1.81. The lowest BCUT2D eigenvalue weighted by Gasteiger charge is -2.37. The average Bonchev–Trinajstić information content (AvgIpc) is 2.77. The van der Waals surface area contributed by atoms with Crippen LogP contribution >= 0.6 is 0 Å². The molecule has 5 nitrogen and oxygen atoms in total. The molecular formula is C23H30FN3O2. The highest BCUT2D eigenvalue weighted by Crippen LogP contribution is 2.13. The Bertz CT molecular complexity index is 789. The fourth-order valence-corrected chi connectivity index (χ4v) is 3.59. The second-order valence-corrected chi connectivity index (χ2v) is 7.46. The van der Waals surface area contributed by atoms with Crippen molar-refractivity contribution in [2.75, 3.05) is 39.8 Å². The topological polar surface area (TPSA) is 44.8 Å². The molecule has 156 valence electrons. The molecule has 0 bridgehead atoms. The minimum Gasteiger partial charge on any atom is -0.497 e. The monoisotopic (exact) mass is 399 g/mol. The lowest BCUT2D eigenvalue weighted by molar-refractivity contribution is -0.126. The molecule has 0 radical (unpaired) electrons. The van der Waals surface area contributed by atoms with E-state index in [1.165, 1.54) is 11.6 Å². The molecule has 6 heteroatoms. The Morgan fingerprint density at radius 2 is 1.79 bits per heavy atom. The molecule has 29 heavy (non-hydrogen) atoms. The third-order valence-corrected chi connectivity index (χ3v) is 5.62. The van der Waals surface area contributed by atoms with Crippen LogP contribution in [0.15, 0.2) is 48.5 Å². The van der Waals surface area contributed by atoms with E-state index in [4.69, 9.17) is 4.74 Å². The molecule has 0 saturated carbocycles. The molecule has 1 unspecified atom stereocenters. The van der Waals surface area contributed by atoms with Gasteiger partial charge in [-0.15, -0.1) is 0 Å². The molecule has 1 atom stereocenters. The van der Waals surface area contributed by atoms with Gasteiger partial charge in [0.25, 0.3) is 0 Å². The third-order valence-electron chi connectivity index (χ3n) is 5.62. The SMILES string of the molecule is COc1ccc(CCN2CCN(C(C)C(=O)NCc3ccccc3F)CC2)cc1. The fraction of sp³-hybridized carbons (Fsp3) is 0.435. The van der Waals surface area contributed by atoms with Crippen molar-refractivity contribution < 1.29 is 13.9 Å². The zero-order valence-corrected chi connectivity index (χ0v) is 17.2. The van der Waals surface area contributed by atoms with Crippen molar-refractivity contribution >= 4 is 5.91 Å². The molecule has 1 aliphatic heterocycles. The number of hydrogen-bond donors (Lipinski definition) is 1. The number of benzene rings is 2. The van der Waals surface area contributed by atoms with Gasteiger partial charge >= 0.3 is 0 Å². The van der Waals surface area contributed by atoms with E-state index in [1.54, 1.807) is 25.3 Å². The first-order valence-electron chi connectivity index (χ1n) is 10.2. The van der Waals surface area contributed by atoms with Crippen LogP contribution in [-0.2, 0) is 17.8 Å². The van der Waals surface area contributed by atoms with Crippen LogP contribution in [-0.4, -0.2) is 61.6 Å². The van der Waals surface area contributed by atoms with Gasteiger partial charge in [-0.3, -0.25) is 9.69 Å². The largest absolute Gasteiger partial charge is 0.497 e. The van der Waals surface area contributed by atoms with Crippen LogP contribution in [0.4, 0.5) is 4.39 Å². The molecule has 0 spiro atoms. The highest BCUT2D eigenvalue weighted by Gasteiger charge is 2.25. The smallest absolute Gasteiger partial charge is 0.237 e. The maximum atomic E-state index is 13.7. The van der Waals surface area contributed by atoms with Crippen LogP contribution in [0.1, 0.15) is 18.1 Å². The standard InChI is InChI=1S/C23H30FN3O2/c1-18(23(28)25-17-20-5-3-4-6-22(20)24)27-15-13-26(14-16-27)12-11-19-7-9-21(29-2)10-8-19/h3-10,18H,11-17H2,1-2H3,(H,25,28). The minimum atomic E-state index is -0.286. The Labute approximate surface area is 172 Å². The summed E-state index contributed by atoms with van der Waals surface area (Å²) in [5, 5.41) is 2.86. The van der Waals surface area contributed by atoms with E-state index in [0.29, 0.717) is 5.56 Å². The molecular weight excluding hydrogens is 369 g/mol. The molecule has 3 rings (SSSR count). The minimum absolute atomic E-state index is 0.0556. The quantitative estimate of drug-likeness (QED) is 0.741.